The number of Topliss-reactive ketones (excluding diaryl/α,β-unsaturated/α-hetero) is 1. The summed E-state index contributed by atoms with van der Waals surface area (Å²) in [6, 6.07) is 0. The monoisotopic (exact) mass is 240 g/mol. The Morgan fingerprint density at radius 3 is 2.71 bits per heavy atom. The quantitative estimate of drug-likeness (QED) is 0.507. The van der Waals surface area contributed by atoms with E-state index in [9.17, 15) is 9.59 Å². The number of ketones is 1. The maximum absolute atomic E-state index is 11.7. The van der Waals surface area contributed by atoms with Gasteiger partial charge in [-0.05, 0) is 19.8 Å². The van der Waals surface area contributed by atoms with Crippen molar-refractivity contribution in [3.05, 3.63) is 0 Å². The molecule has 0 bridgehead atoms. The molecule has 0 aromatic rings. The Morgan fingerprint density at radius 1 is 1.29 bits per heavy atom. The lowest BCUT2D eigenvalue weighted by Crippen LogP contribution is -2.24. The Labute approximate surface area is 104 Å². The molecule has 0 aromatic carbocycles. The molecule has 2 unspecified atom stereocenters. The van der Waals surface area contributed by atoms with Crippen LogP contribution in [0.15, 0.2) is 0 Å². The van der Waals surface area contributed by atoms with Gasteiger partial charge in [-0.1, -0.05) is 32.6 Å². The standard InChI is InChI=1S/C14H24O3/c1-3-5-6-7-8-11-12(9-10-13(11)15)14(16)17-4-2/h11-12H,3-10H2,1-2H3. The van der Waals surface area contributed by atoms with Gasteiger partial charge in [0, 0.05) is 12.3 Å². The number of ether oxygens (including phenoxy) is 1. The lowest BCUT2D eigenvalue weighted by atomic mass is 9.90. The fraction of sp³-hybridized carbons (Fsp3) is 0.857. The minimum Gasteiger partial charge on any atom is -0.466 e. The molecule has 0 N–H and O–H groups in total. The van der Waals surface area contributed by atoms with Gasteiger partial charge in [0.05, 0.1) is 12.5 Å². The van der Waals surface area contributed by atoms with E-state index >= 15 is 0 Å². The minimum absolute atomic E-state index is 0.0640. The second kappa shape index (κ2) is 7.46. The normalized spacial score (nSPS) is 24.0. The van der Waals surface area contributed by atoms with Crippen molar-refractivity contribution in [2.75, 3.05) is 6.61 Å². The van der Waals surface area contributed by atoms with Crippen LogP contribution in [0.5, 0.6) is 0 Å². The number of rotatable bonds is 7. The predicted octanol–water partition coefficient (Wildman–Crippen LogP) is 3.12. The van der Waals surface area contributed by atoms with Crippen LogP contribution >= 0.6 is 0 Å². The van der Waals surface area contributed by atoms with E-state index in [4.69, 9.17) is 4.74 Å². The first-order valence-corrected chi connectivity index (χ1v) is 6.90. The zero-order valence-electron chi connectivity index (χ0n) is 11.0. The van der Waals surface area contributed by atoms with Crippen LogP contribution in [0.25, 0.3) is 0 Å². The molecule has 17 heavy (non-hydrogen) atoms. The van der Waals surface area contributed by atoms with Gasteiger partial charge in [0.2, 0.25) is 0 Å². The van der Waals surface area contributed by atoms with E-state index in [0.29, 0.717) is 19.4 Å². The van der Waals surface area contributed by atoms with E-state index in [-0.39, 0.29) is 23.6 Å². The Balaban J connectivity index is 2.42. The Kier molecular flexibility index (Phi) is 6.23. The summed E-state index contributed by atoms with van der Waals surface area (Å²) in [7, 11) is 0. The average molecular weight is 240 g/mol. The lowest BCUT2D eigenvalue weighted by Gasteiger charge is -2.16. The smallest absolute Gasteiger partial charge is 0.309 e. The molecule has 0 aromatic heterocycles. The van der Waals surface area contributed by atoms with Gasteiger partial charge in [-0.3, -0.25) is 9.59 Å². The van der Waals surface area contributed by atoms with Crippen LogP contribution in [0.4, 0.5) is 0 Å². The van der Waals surface area contributed by atoms with Crippen LogP contribution < -0.4 is 0 Å². The third kappa shape index (κ3) is 4.14. The molecule has 0 heterocycles. The van der Waals surface area contributed by atoms with E-state index in [0.717, 1.165) is 19.3 Å². The number of hydrogen-bond acceptors (Lipinski definition) is 3. The van der Waals surface area contributed by atoms with Crippen LogP contribution in [0, 0.1) is 11.8 Å². The van der Waals surface area contributed by atoms with Crippen molar-refractivity contribution in [3.63, 3.8) is 0 Å². The zero-order chi connectivity index (χ0) is 12.7. The largest absolute Gasteiger partial charge is 0.466 e. The molecule has 3 nitrogen and oxygen atoms in total. The fourth-order valence-electron chi connectivity index (χ4n) is 2.59. The van der Waals surface area contributed by atoms with Gasteiger partial charge in [-0.15, -0.1) is 0 Å². The summed E-state index contributed by atoms with van der Waals surface area (Å²) in [6.45, 7) is 4.39. The lowest BCUT2D eigenvalue weighted by molar-refractivity contribution is -0.150. The van der Waals surface area contributed by atoms with Crippen molar-refractivity contribution in [2.24, 2.45) is 11.8 Å². The summed E-state index contributed by atoms with van der Waals surface area (Å²) in [4.78, 5) is 23.5. The summed E-state index contributed by atoms with van der Waals surface area (Å²) >= 11 is 0. The van der Waals surface area contributed by atoms with Crippen LogP contribution in [-0.2, 0) is 14.3 Å². The van der Waals surface area contributed by atoms with E-state index in [1.807, 2.05) is 6.92 Å². The summed E-state index contributed by atoms with van der Waals surface area (Å²) in [5.74, 6) is -0.131. The third-order valence-electron chi connectivity index (χ3n) is 3.56. The highest BCUT2D eigenvalue weighted by atomic mass is 16.5. The Bertz CT molecular complexity index is 260. The molecule has 0 saturated heterocycles. The van der Waals surface area contributed by atoms with E-state index in [1.165, 1.54) is 12.8 Å². The molecule has 1 fully saturated rings. The molecule has 1 rings (SSSR count). The number of unbranched alkanes of at least 4 members (excludes halogenated alkanes) is 3. The van der Waals surface area contributed by atoms with Crippen molar-refractivity contribution in [2.45, 2.75) is 58.8 Å². The second-order valence-corrected chi connectivity index (χ2v) is 4.82. The van der Waals surface area contributed by atoms with Gasteiger partial charge in [-0.25, -0.2) is 0 Å². The van der Waals surface area contributed by atoms with E-state index in [2.05, 4.69) is 6.92 Å². The first kappa shape index (κ1) is 14.2. The first-order chi connectivity index (χ1) is 8.20. The van der Waals surface area contributed by atoms with Crippen LogP contribution in [0.1, 0.15) is 58.8 Å². The van der Waals surface area contributed by atoms with Crippen molar-refractivity contribution in [1.82, 2.24) is 0 Å². The minimum atomic E-state index is -0.168. The summed E-state index contributed by atoms with van der Waals surface area (Å²) < 4.78 is 5.04. The molecule has 0 aliphatic heterocycles. The Morgan fingerprint density at radius 2 is 2.06 bits per heavy atom. The second-order valence-electron chi connectivity index (χ2n) is 4.82. The van der Waals surface area contributed by atoms with Gasteiger partial charge in [0.25, 0.3) is 0 Å². The molecule has 1 aliphatic rings. The summed E-state index contributed by atoms with van der Waals surface area (Å²) in [5.41, 5.74) is 0. The van der Waals surface area contributed by atoms with E-state index < -0.39 is 0 Å². The number of carbonyl (C=O) groups excluding carboxylic acids is 2. The molecule has 3 heteroatoms. The van der Waals surface area contributed by atoms with Crippen molar-refractivity contribution in [3.8, 4) is 0 Å². The molecular formula is C14H24O3. The van der Waals surface area contributed by atoms with Crippen LogP contribution in [0.2, 0.25) is 0 Å². The van der Waals surface area contributed by atoms with Crippen molar-refractivity contribution in [1.29, 1.82) is 0 Å². The molecule has 2 atom stereocenters. The highest BCUT2D eigenvalue weighted by Crippen LogP contribution is 2.33. The summed E-state index contributed by atoms with van der Waals surface area (Å²) in [6.07, 6.45) is 6.74. The zero-order valence-corrected chi connectivity index (χ0v) is 11.0. The van der Waals surface area contributed by atoms with Gasteiger partial charge in [-0.2, -0.15) is 0 Å². The third-order valence-corrected chi connectivity index (χ3v) is 3.56. The SMILES string of the molecule is CCCCCCC1C(=O)CCC1C(=O)OCC. The molecule has 98 valence electrons. The fourth-order valence-corrected chi connectivity index (χ4v) is 2.59. The van der Waals surface area contributed by atoms with Crippen LogP contribution in [0.3, 0.4) is 0 Å². The van der Waals surface area contributed by atoms with Gasteiger partial charge >= 0.3 is 5.97 Å². The number of carbonyl (C=O) groups is 2. The number of hydrogen-bond donors (Lipinski definition) is 0. The molecule has 1 saturated carbocycles. The van der Waals surface area contributed by atoms with E-state index in [1.54, 1.807) is 0 Å². The molecule has 0 radical (unpaired) electrons. The molecule has 0 amide bonds. The molecular weight excluding hydrogens is 216 g/mol. The highest BCUT2D eigenvalue weighted by Gasteiger charge is 2.39. The number of esters is 1. The highest BCUT2D eigenvalue weighted by molar-refractivity contribution is 5.90. The summed E-state index contributed by atoms with van der Waals surface area (Å²) in [5, 5.41) is 0. The van der Waals surface area contributed by atoms with Gasteiger partial charge < -0.3 is 4.74 Å². The first-order valence-electron chi connectivity index (χ1n) is 6.90. The maximum Gasteiger partial charge on any atom is 0.309 e. The van der Waals surface area contributed by atoms with Crippen LogP contribution in [-0.4, -0.2) is 18.4 Å². The molecule has 1 aliphatic carbocycles. The maximum atomic E-state index is 11.7. The van der Waals surface area contributed by atoms with Crippen molar-refractivity contribution >= 4 is 11.8 Å². The topological polar surface area (TPSA) is 43.4 Å². The van der Waals surface area contributed by atoms with Gasteiger partial charge in [0.1, 0.15) is 5.78 Å². The average Bonchev–Trinajstić information content (AvgIpc) is 2.67. The molecule has 0 spiro atoms. The Hall–Kier alpha value is -0.860. The predicted molar refractivity (Wildman–Crippen MR) is 66.6 cm³/mol. The van der Waals surface area contributed by atoms with Crippen molar-refractivity contribution < 1.29 is 14.3 Å². The van der Waals surface area contributed by atoms with Gasteiger partial charge in [0.15, 0.2) is 0 Å².